The number of benzene rings is 1. The van der Waals surface area contributed by atoms with E-state index in [4.69, 9.17) is 0 Å². The maximum atomic E-state index is 13.3. The van der Waals surface area contributed by atoms with Crippen LogP contribution in [0.15, 0.2) is 48.7 Å². The van der Waals surface area contributed by atoms with Gasteiger partial charge in [0.05, 0.1) is 0 Å². The van der Waals surface area contributed by atoms with E-state index in [0.717, 1.165) is 18.2 Å². The highest BCUT2D eigenvalue weighted by Gasteiger charge is 2.41. The van der Waals surface area contributed by atoms with E-state index in [-0.39, 0.29) is 17.6 Å². The van der Waals surface area contributed by atoms with E-state index in [2.05, 4.69) is 10.3 Å². The monoisotopic (exact) mass is 393 g/mol. The number of rotatable bonds is 3. The fourth-order valence-electron chi connectivity index (χ4n) is 4.30. The molecule has 1 fully saturated rings. The fourth-order valence-corrected chi connectivity index (χ4v) is 4.30. The predicted octanol–water partition coefficient (Wildman–Crippen LogP) is 2.52. The third-order valence-electron chi connectivity index (χ3n) is 5.72. The van der Waals surface area contributed by atoms with E-state index in [1.165, 1.54) is 4.90 Å². The Balaban J connectivity index is 1.62. The minimum absolute atomic E-state index is 0.149. The summed E-state index contributed by atoms with van der Waals surface area (Å²) >= 11 is 0. The second-order valence-electron chi connectivity index (χ2n) is 7.53. The number of hydrogen-bond donors (Lipinski definition) is 2. The van der Waals surface area contributed by atoms with E-state index >= 15 is 0 Å². The molecule has 7 nitrogen and oxygen atoms in total. The molecule has 0 bridgehead atoms. The van der Waals surface area contributed by atoms with Gasteiger partial charge in [0.25, 0.3) is 5.91 Å². The molecule has 29 heavy (non-hydrogen) atoms. The zero-order chi connectivity index (χ0) is 20.4. The zero-order valence-electron chi connectivity index (χ0n) is 16.0. The lowest BCUT2D eigenvalue weighted by Crippen LogP contribution is -2.59. The topological polar surface area (TPSA) is 99.6 Å². The van der Waals surface area contributed by atoms with Gasteiger partial charge in [0.15, 0.2) is 0 Å². The number of carboxylic acids is 1. The number of aliphatic carboxylic acids is 1. The lowest BCUT2D eigenvalue weighted by Gasteiger charge is -2.42. The molecule has 1 aromatic carbocycles. The van der Waals surface area contributed by atoms with Crippen molar-refractivity contribution in [1.82, 2.24) is 15.2 Å². The highest BCUT2D eigenvalue weighted by Crippen LogP contribution is 2.28. The summed E-state index contributed by atoms with van der Waals surface area (Å²) in [5.74, 6) is -1.76. The predicted molar refractivity (Wildman–Crippen MR) is 107 cm³/mol. The van der Waals surface area contributed by atoms with E-state index in [0.29, 0.717) is 24.6 Å². The summed E-state index contributed by atoms with van der Waals surface area (Å²) in [6, 6.07) is 7.45. The van der Waals surface area contributed by atoms with Crippen LogP contribution < -0.4 is 5.32 Å². The van der Waals surface area contributed by atoms with Crippen molar-refractivity contribution in [3.8, 4) is 0 Å². The standard InChI is InChI=1S/C22H23N3O4/c26-20(19-16-9-3-1-6-14(16)12-13-23-19)24-17-10-4-2-7-15-8-5-11-18(22(28)29)25(15)21(17)27/h1-4,6,9,12-13,15,17-18H,5,7-8,10-11H2,(H,24,26)(H,28,29)/b4-2-. The number of hydrogen-bond acceptors (Lipinski definition) is 4. The number of piperidine rings is 1. The van der Waals surface area contributed by atoms with Gasteiger partial charge in [-0.2, -0.15) is 0 Å². The Morgan fingerprint density at radius 1 is 1.10 bits per heavy atom. The van der Waals surface area contributed by atoms with E-state index in [1.54, 1.807) is 6.20 Å². The Hall–Kier alpha value is -3.22. The summed E-state index contributed by atoms with van der Waals surface area (Å²) in [4.78, 5) is 43.7. The van der Waals surface area contributed by atoms with E-state index in [1.807, 2.05) is 42.5 Å². The van der Waals surface area contributed by atoms with E-state index < -0.39 is 24.0 Å². The van der Waals surface area contributed by atoms with Gasteiger partial charge in [-0.3, -0.25) is 14.6 Å². The SMILES string of the molecule is O=C(NC1C/C=C\CC2CCCC(C(=O)O)N2C1=O)c1nccc2ccccc12. The van der Waals surface area contributed by atoms with Crippen LogP contribution in [0.2, 0.25) is 0 Å². The lowest BCUT2D eigenvalue weighted by molar-refractivity contribution is -0.156. The molecule has 1 saturated heterocycles. The number of nitrogens with zero attached hydrogens (tertiary/aromatic N) is 2. The van der Waals surface area contributed by atoms with Gasteiger partial charge in [0.2, 0.25) is 5.91 Å². The number of amides is 2. The van der Waals surface area contributed by atoms with Crippen molar-refractivity contribution in [3.05, 3.63) is 54.4 Å². The largest absolute Gasteiger partial charge is 0.480 e. The Bertz CT molecular complexity index is 982. The van der Waals surface area contributed by atoms with Crippen molar-refractivity contribution in [1.29, 1.82) is 0 Å². The van der Waals surface area contributed by atoms with Crippen LogP contribution in [0.4, 0.5) is 0 Å². The zero-order valence-corrected chi connectivity index (χ0v) is 16.0. The number of nitrogens with one attached hydrogen (secondary N) is 1. The molecule has 2 N–H and O–H groups in total. The van der Waals surface area contributed by atoms with Gasteiger partial charge >= 0.3 is 5.97 Å². The van der Waals surface area contributed by atoms with Crippen LogP contribution in [0.25, 0.3) is 10.8 Å². The Morgan fingerprint density at radius 2 is 1.90 bits per heavy atom. The van der Waals surface area contributed by atoms with Crippen LogP contribution in [0.3, 0.4) is 0 Å². The molecule has 2 aliphatic rings. The van der Waals surface area contributed by atoms with Crippen molar-refractivity contribution in [2.45, 2.75) is 50.2 Å². The average Bonchev–Trinajstić information content (AvgIpc) is 2.73. The third-order valence-corrected chi connectivity index (χ3v) is 5.72. The second kappa shape index (κ2) is 8.03. The fraction of sp³-hybridized carbons (Fsp3) is 0.364. The third kappa shape index (κ3) is 3.72. The Kier molecular flexibility index (Phi) is 5.29. The first-order valence-corrected chi connectivity index (χ1v) is 9.91. The molecule has 3 heterocycles. The number of carbonyl (C=O) groups excluding carboxylic acids is 2. The number of carboxylic acid groups (broad SMARTS) is 1. The molecule has 0 saturated carbocycles. The maximum absolute atomic E-state index is 13.3. The summed E-state index contributed by atoms with van der Waals surface area (Å²) in [7, 11) is 0. The van der Waals surface area contributed by atoms with Crippen LogP contribution in [-0.2, 0) is 9.59 Å². The first kappa shape index (κ1) is 19.1. The van der Waals surface area contributed by atoms with Gasteiger partial charge < -0.3 is 15.3 Å². The highest BCUT2D eigenvalue weighted by atomic mass is 16.4. The quantitative estimate of drug-likeness (QED) is 0.781. The van der Waals surface area contributed by atoms with Crippen LogP contribution in [0.1, 0.15) is 42.6 Å². The van der Waals surface area contributed by atoms with Gasteiger partial charge in [0.1, 0.15) is 17.8 Å². The van der Waals surface area contributed by atoms with Gasteiger partial charge in [-0.05, 0) is 43.6 Å². The van der Waals surface area contributed by atoms with Crippen LogP contribution in [-0.4, -0.2) is 50.9 Å². The van der Waals surface area contributed by atoms with Gasteiger partial charge in [-0.1, -0.05) is 36.4 Å². The minimum Gasteiger partial charge on any atom is -0.480 e. The molecule has 3 unspecified atom stereocenters. The lowest BCUT2D eigenvalue weighted by atomic mass is 9.90. The van der Waals surface area contributed by atoms with Gasteiger partial charge in [0, 0.05) is 17.6 Å². The van der Waals surface area contributed by atoms with E-state index in [9.17, 15) is 19.5 Å². The summed E-state index contributed by atoms with van der Waals surface area (Å²) in [6.07, 6.45) is 8.38. The van der Waals surface area contributed by atoms with Crippen molar-refractivity contribution in [3.63, 3.8) is 0 Å². The first-order chi connectivity index (χ1) is 14.1. The molecule has 2 aliphatic heterocycles. The summed E-state index contributed by atoms with van der Waals surface area (Å²) in [5.41, 5.74) is 0.256. The molecule has 1 aromatic heterocycles. The van der Waals surface area contributed by atoms with Crippen molar-refractivity contribution >= 4 is 28.6 Å². The smallest absolute Gasteiger partial charge is 0.326 e. The van der Waals surface area contributed by atoms with Crippen LogP contribution in [0, 0.1) is 0 Å². The molecule has 3 atom stereocenters. The highest BCUT2D eigenvalue weighted by molar-refractivity contribution is 6.06. The summed E-state index contributed by atoms with van der Waals surface area (Å²) in [6.45, 7) is 0. The first-order valence-electron chi connectivity index (χ1n) is 9.91. The maximum Gasteiger partial charge on any atom is 0.326 e. The molecular formula is C22H23N3O4. The van der Waals surface area contributed by atoms with Gasteiger partial charge in [-0.25, -0.2) is 4.79 Å². The molecule has 0 spiro atoms. The van der Waals surface area contributed by atoms with Crippen LogP contribution >= 0.6 is 0 Å². The molecule has 7 heteroatoms. The Labute approximate surface area is 168 Å². The Morgan fingerprint density at radius 3 is 2.72 bits per heavy atom. The van der Waals surface area contributed by atoms with Gasteiger partial charge in [-0.15, -0.1) is 0 Å². The summed E-state index contributed by atoms with van der Waals surface area (Å²) < 4.78 is 0. The normalized spacial score (nSPS) is 25.6. The molecular weight excluding hydrogens is 370 g/mol. The number of pyridine rings is 1. The van der Waals surface area contributed by atoms with Crippen molar-refractivity contribution in [2.24, 2.45) is 0 Å². The second-order valence-corrected chi connectivity index (χ2v) is 7.53. The minimum atomic E-state index is -0.992. The average molecular weight is 393 g/mol. The molecule has 0 aliphatic carbocycles. The van der Waals surface area contributed by atoms with Crippen LogP contribution in [0.5, 0.6) is 0 Å². The van der Waals surface area contributed by atoms with Crippen molar-refractivity contribution in [2.75, 3.05) is 0 Å². The molecule has 0 radical (unpaired) electrons. The number of carbonyl (C=O) groups is 3. The molecule has 150 valence electrons. The summed E-state index contributed by atoms with van der Waals surface area (Å²) in [5, 5.41) is 14.0. The molecule has 2 aromatic rings. The molecule has 4 rings (SSSR count). The molecule has 2 amide bonds. The number of fused-ring (bicyclic) bond motifs is 2. The number of aromatic nitrogens is 1. The van der Waals surface area contributed by atoms with Crippen molar-refractivity contribution < 1.29 is 19.5 Å².